The fourth-order valence-electron chi connectivity index (χ4n) is 2.34. The maximum Gasteiger partial charge on any atom is 0.338 e. The van der Waals surface area contributed by atoms with Crippen LogP contribution in [0.5, 0.6) is 5.75 Å². The number of carbonyl (C=O) groups excluding carboxylic acids is 2. The number of ether oxygens (including phenoxy) is 2. The molecular weight excluding hydrogens is 352 g/mol. The molecule has 0 aromatic heterocycles. The fraction of sp³-hybridized carbons (Fsp3) is 0.333. The van der Waals surface area contributed by atoms with Gasteiger partial charge in [-0.3, -0.25) is 0 Å². The highest BCUT2D eigenvalue weighted by atomic mass is 79.9. The molecule has 6 nitrogen and oxygen atoms in total. The van der Waals surface area contributed by atoms with E-state index in [0.29, 0.717) is 22.6 Å². The minimum atomic E-state index is -0.639. The highest BCUT2D eigenvalue weighted by Crippen LogP contribution is 2.35. The molecule has 1 aromatic carbocycles. The van der Waals surface area contributed by atoms with Crippen molar-refractivity contribution in [1.82, 2.24) is 10.6 Å². The predicted octanol–water partition coefficient (Wildman–Crippen LogP) is 2.65. The first-order valence-corrected chi connectivity index (χ1v) is 7.56. The van der Waals surface area contributed by atoms with Crippen LogP contribution >= 0.6 is 15.9 Å². The van der Waals surface area contributed by atoms with Crippen molar-refractivity contribution in [2.45, 2.75) is 19.9 Å². The van der Waals surface area contributed by atoms with E-state index in [9.17, 15) is 9.59 Å². The summed E-state index contributed by atoms with van der Waals surface area (Å²) in [4.78, 5) is 24.1. The summed E-state index contributed by atoms with van der Waals surface area (Å²) in [6, 6.07) is 4.39. The van der Waals surface area contributed by atoms with Crippen LogP contribution in [-0.4, -0.2) is 25.7 Å². The summed E-state index contributed by atoms with van der Waals surface area (Å²) in [7, 11) is 1.54. The molecule has 2 amide bonds. The Kier molecular flexibility index (Phi) is 5.07. The molecule has 22 heavy (non-hydrogen) atoms. The third-order valence-electron chi connectivity index (χ3n) is 3.27. The Labute approximate surface area is 137 Å². The number of rotatable bonds is 4. The van der Waals surface area contributed by atoms with Gasteiger partial charge in [0.25, 0.3) is 0 Å². The summed E-state index contributed by atoms with van der Waals surface area (Å²) in [6.45, 7) is 3.66. The van der Waals surface area contributed by atoms with Gasteiger partial charge in [0.05, 0.1) is 25.3 Å². The number of methoxy groups -OCH3 is 1. The molecule has 2 rings (SSSR count). The average Bonchev–Trinajstić information content (AvgIpc) is 2.46. The normalized spacial score (nSPS) is 17.6. The monoisotopic (exact) mass is 368 g/mol. The molecule has 0 fully saturated rings. The van der Waals surface area contributed by atoms with Gasteiger partial charge in [-0.15, -0.1) is 0 Å². The molecule has 1 aliphatic rings. The zero-order valence-corrected chi connectivity index (χ0v) is 14.1. The molecule has 2 N–H and O–H groups in total. The highest BCUT2D eigenvalue weighted by Gasteiger charge is 2.33. The van der Waals surface area contributed by atoms with Crippen LogP contribution in [-0.2, 0) is 9.53 Å². The molecule has 0 unspecified atom stereocenters. The van der Waals surface area contributed by atoms with Crippen LogP contribution in [0, 0.1) is 0 Å². The third kappa shape index (κ3) is 3.24. The number of benzene rings is 1. The van der Waals surface area contributed by atoms with Crippen molar-refractivity contribution in [2.24, 2.45) is 0 Å². The Morgan fingerprint density at radius 2 is 2.14 bits per heavy atom. The number of urea groups is 1. The minimum Gasteiger partial charge on any atom is -0.496 e. The molecule has 1 aliphatic heterocycles. The quantitative estimate of drug-likeness (QED) is 0.800. The summed E-state index contributed by atoms with van der Waals surface area (Å²) < 4.78 is 11.3. The minimum absolute atomic E-state index is 0.256. The number of amides is 2. The van der Waals surface area contributed by atoms with Crippen LogP contribution in [0.15, 0.2) is 33.9 Å². The predicted molar refractivity (Wildman–Crippen MR) is 84.4 cm³/mol. The molecule has 0 spiro atoms. The number of hydrogen-bond donors (Lipinski definition) is 2. The van der Waals surface area contributed by atoms with E-state index in [4.69, 9.17) is 9.47 Å². The molecule has 1 aromatic rings. The Morgan fingerprint density at radius 3 is 2.77 bits per heavy atom. The van der Waals surface area contributed by atoms with E-state index in [1.54, 1.807) is 19.9 Å². The standard InChI is InChI=1S/C15H17BrN2O4/c1-4-22-14(19)12-8(2)17-15(20)18-13(12)10-7-9(16)5-6-11(10)21-3/h5-7,13H,4H2,1-3H3,(H2,17,18,20)/t13-/m1/s1. The topological polar surface area (TPSA) is 76.7 Å². The lowest BCUT2D eigenvalue weighted by atomic mass is 9.95. The average molecular weight is 369 g/mol. The highest BCUT2D eigenvalue weighted by molar-refractivity contribution is 9.10. The van der Waals surface area contributed by atoms with Crippen molar-refractivity contribution in [3.8, 4) is 5.75 Å². The molecule has 7 heteroatoms. The molecule has 0 saturated carbocycles. The van der Waals surface area contributed by atoms with Gasteiger partial charge in [0.2, 0.25) is 0 Å². The summed E-state index contributed by atoms with van der Waals surface area (Å²) in [5.41, 5.74) is 1.50. The van der Waals surface area contributed by atoms with Crippen LogP contribution in [0.3, 0.4) is 0 Å². The number of halogens is 1. The van der Waals surface area contributed by atoms with Crippen molar-refractivity contribution in [3.63, 3.8) is 0 Å². The van der Waals surface area contributed by atoms with Crippen molar-refractivity contribution < 1.29 is 19.1 Å². The number of allylic oxidation sites excluding steroid dienone is 1. The molecule has 0 aliphatic carbocycles. The Morgan fingerprint density at radius 1 is 1.41 bits per heavy atom. The van der Waals surface area contributed by atoms with E-state index in [2.05, 4.69) is 26.6 Å². The van der Waals surface area contributed by atoms with Gasteiger partial charge in [0.1, 0.15) is 5.75 Å². The molecular formula is C15H17BrN2O4. The van der Waals surface area contributed by atoms with E-state index in [1.165, 1.54) is 7.11 Å². The van der Waals surface area contributed by atoms with Gasteiger partial charge in [0.15, 0.2) is 0 Å². The van der Waals surface area contributed by atoms with Gasteiger partial charge in [-0.2, -0.15) is 0 Å². The van der Waals surface area contributed by atoms with Crippen LogP contribution in [0.25, 0.3) is 0 Å². The third-order valence-corrected chi connectivity index (χ3v) is 3.76. The van der Waals surface area contributed by atoms with Gasteiger partial charge < -0.3 is 20.1 Å². The van der Waals surface area contributed by atoms with E-state index in [0.717, 1.165) is 4.47 Å². The Bertz CT molecular complexity index is 642. The van der Waals surface area contributed by atoms with Crippen LogP contribution < -0.4 is 15.4 Å². The van der Waals surface area contributed by atoms with Crippen molar-refractivity contribution in [1.29, 1.82) is 0 Å². The largest absolute Gasteiger partial charge is 0.496 e. The van der Waals surface area contributed by atoms with Gasteiger partial charge in [-0.1, -0.05) is 15.9 Å². The van der Waals surface area contributed by atoms with Crippen LogP contribution in [0.1, 0.15) is 25.5 Å². The lowest BCUT2D eigenvalue weighted by Crippen LogP contribution is -2.45. The maximum atomic E-state index is 12.3. The number of hydrogen-bond acceptors (Lipinski definition) is 4. The van der Waals surface area contributed by atoms with Crippen LogP contribution in [0.4, 0.5) is 4.79 Å². The summed E-state index contributed by atoms with van der Waals surface area (Å²) in [6.07, 6.45) is 0. The van der Waals surface area contributed by atoms with Crippen molar-refractivity contribution in [3.05, 3.63) is 39.5 Å². The molecule has 0 radical (unpaired) electrons. The zero-order valence-electron chi connectivity index (χ0n) is 12.5. The molecule has 1 atom stereocenters. The van der Waals surface area contributed by atoms with E-state index in [-0.39, 0.29) is 12.6 Å². The van der Waals surface area contributed by atoms with Crippen molar-refractivity contribution in [2.75, 3.05) is 13.7 Å². The molecule has 118 valence electrons. The first-order chi connectivity index (χ1) is 10.5. The van der Waals surface area contributed by atoms with Crippen molar-refractivity contribution >= 4 is 27.9 Å². The number of carbonyl (C=O) groups is 2. The van der Waals surface area contributed by atoms with E-state index < -0.39 is 12.0 Å². The van der Waals surface area contributed by atoms with E-state index in [1.807, 2.05) is 12.1 Å². The fourth-order valence-corrected chi connectivity index (χ4v) is 2.72. The Hall–Kier alpha value is -2.02. The lowest BCUT2D eigenvalue weighted by molar-refractivity contribution is -0.139. The second-order valence-corrected chi connectivity index (χ2v) is 5.59. The molecule has 0 bridgehead atoms. The second kappa shape index (κ2) is 6.83. The maximum absolute atomic E-state index is 12.3. The summed E-state index contributed by atoms with van der Waals surface area (Å²) >= 11 is 3.39. The molecule has 1 heterocycles. The lowest BCUT2D eigenvalue weighted by Gasteiger charge is -2.29. The SMILES string of the molecule is CCOC(=O)C1=C(C)NC(=O)N[C@@H]1c1cc(Br)ccc1OC. The number of nitrogens with one attached hydrogen (secondary N) is 2. The van der Waals surface area contributed by atoms with Gasteiger partial charge >= 0.3 is 12.0 Å². The Balaban J connectivity index is 2.55. The van der Waals surface area contributed by atoms with E-state index >= 15 is 0 Å². The summed E-state index contributed by atoms with van der Waals surface area (Å²) in [5, 5.41) is 5.34. The smallest absolute Gasteiger partial charge is 0.338 e. The van der Waals surface area contributed by atoms with Gasteiger partial charge in [0, 0.05) is 15.7 Å². The second-order valence-electron chi connectivity index (χ2n) is 4.68. The van der Waals surface area contributed by atoms with Gasteiger partial charge in [-0.25, -0.2) is 9.59 Å². The zero-order chi connectivity index (χ0) is 16.3. The first-order valence-electron chi connectivity index (χ1n) is 6.76. The molecule has 0 saturated heterocycles. The first kappa shape index (κ1) is 16.4. The van der Waals surface area contributed by atoms with Crippen LogP contribution in [0.2, 0.25) is 0 Å². The summed E-state index contributed by atoms with van der Waals surface area (Å²) in [5.74, 6) is 0.101. The number of esters is 1. The van der Waals surface area contributed by atoms with Gasteiger partial charge in [-0.05, 0) is 32.0 Å².